The van der Waals surface area contributed by atoms with Crippen molar-refractivity contribution >= 4 is 5.78 Å². The van der Waals surface area contributed by atoms with Crippen molar-refractivity contribution in [2.75, 3.05) is 0 Å². The minimum absolute atomic E-state index is 0.0902. The Bertz CT molecular complexity index is 810. The molecule has 4 nitrogen and oxygen atoms in total. The Labute approximate surface area is 187 Å². The number of rotatable bonds is 6. The number of ketones is 1. The zero-order chi connectivity index (χ0) is 23.0. The van der Waals surface area contributed by atoms with Crippen molar-refractivity contribution < 1.29 is 20.1 Å². The second-order valence-electron chi connectivity index (χ2n) is 10.7. The monoisotopic (exact) mass is 428 g/mol. The fourth-order valence-corrected chi connectivity index (χ4v) is 5.89. The third-order valence-electron chi connectivity index (χ3n) is 7.89. The Morgan fingerprint density at radius 2 is 2.06 bits per heavy atom. The van der Waals surface area contributed by atoms with Gasteiger partial charge in [-0.05, 0) is 80.8 Å². The summed E-state index contributed by atoms with van der Waals surface area (Å²) in [4.78, 5) is 12.2. The van der Waals surface area contributed by atoms with E-state index in [1.165, 1.54) is 11.1 Å². The first kappa shape index (κ1) is 24.2. The molecule has 5 atom stereocenters. The second-order valence-corrected chi connectivity index (χ2v) is 10.7. The topological polar surface area (TPSA) is 77.8 Å². The molecule has 0 heterocycles. The Morgan fingerprint density at radius 3 is 2.74 bits per heavy atom. The van der Waals surface area contributed by atoms with Crippen LogP contribution in [-0.2, 0) is 4.79 Å². The van der Waals surface area contributed by atoms with Crippen molar-refractivity contribution in [1.29, 1.82) is 0 Å². The number of hydrogen-bond donors (Lipinski definition) is 3. The van der Waals surface area contributed by atoms with E-state index >= 15 is 0 Å². The summed E-state index contributed by atoms with van der Waals surface area (Å²) in [6.45, 7) is 11.7. The molecule has 3 aliphatic carbocycles. The van der Waals surface area contributed by atoms with E-state index in [0.717, 1.165) is 43.3 Å². The highest BCUT2D eigenvalue weighted by Gasteiger charge is 2.46. The van der Waals surface area contributed by atoms with E-state index in [2.05, 4.69) is 38.7 Å². The standard InChI is InChI=1S/C27H40O4/c1-17(8-13-25(30)26(3,4)31)22-11-12-23-19(7-6-14-27(22,23)5)9-10-20-15-21(28)16-24(29)18(20)2/h9-11,17,21,23-24,28-29,31H,2,6-8,12-16H2,1,3-5H3/b19-9+,20-10-/t17-,21-,23+,24+,27-/m1/s1. The molecule has 0 spiro atoms. The van der Waals surface area contributed by atoms with Gasteiger partial charge in [0.1, 0.15) is 5.60 Å². The van der Waals surface area contributed by atoms with Crippen molar-refractivity contribution in [3.63, 3.8) is 0 Å². The molecule has 0 aliphatic heterocycles. The average Bonchev–Trinajstić information content (AvgIpc) is 3.04. The molecule has 3 aliphatic rings. The summed E-state index contributed by atoms with van der Waals surface area (Å²) < 4.78 is 0. The molecular formula is C27H40O4. The Morgan fingerprint density at radius 1 is 1.35 bits per heavy atom. The van der Waals surface area contributed by atoms with Crippen LogP contribution < -0.4 is 0 Å². The summed E-state index contributed by atoms with van der Waals surface area (Å²) in [7, 11) is 0. The summed E-state index contributed by atoms with van der Waals surface area (Å²) in [5.41, 5.74) is 3.45. The molecule has 4 heteroatoms. The fourth-order valence-electron chi connectivity index (χ4n) is 5.89. The van der Waals surface area contributed by atoms with Crippen molar-refractivity contribution in [3.05, 3.63) is 47.1 Å². The molecule has 0 saturated heterocycles. The van der Waals surface area contributed by atoms with E-state index in [0.29, 0.717) is 31.1 Å². The fraction of sp³-hybridized carbons (Fsp3) is 0.667. The van der Waals surface area contributed by atoms with Gasteiger partial charge in [0.05, 0.1) is 12.2 Å². The molecule has 0 amide bonds. The van der Waals surface area contributed by atoms with Gasteiger partial charge in [0.2, 0.25) is 0 Å². The van der Waals surface area contributed by atoms with Gasteiger partial charge < -0.3 is 15.3 Å². The number of carbonyl (C=O) groups excluding carboxylic acids is 1. The number of aliphatic hydroxyl groups excluding tert-OH is 2. The first-order valence-corrected chi connectivity index (χ1v) is 11.8. The minimum Gasteiger partial charge on any atom is -0.393 e. The average molecular weight is 429 g/mol. The molecule has 0 aromatic heterocycles. The quantitative estimate of drug-likeness (QED) is 0.531. The van der Waals surface area contributed by atoms with Crippen molar-refractivity contribution in [1.82, 2.24) is 0 Å². The molecule has 172 valence electrons. The zero-order valence-electron chi connectivity index (χ0n) is 19.7. The van der Waals surface area contributed by atoms with Gasteiger partial charge in [0.15, 0.2) is 5.78 Å². The van der Waals surface area contributed by atoms with Gasteiger partial charge >= 0.3 is 0 Å². The SMILES string of the molecule is C=C1/C(=C\C=C2/CCC[C@]3(C)C([C@H](C)CCC(=O)C(C)(C)O)=CC[C@@H]23)C[C@@H](O)C[C@@H]1O. The van der Waals surface area contributed by atoms with Crippen LogP contribution in [-0.4, -0.2) is 38.9 Å². The van der Waals surface area contributed by atoms with Gasteiger partial charge in [0, 0.05) is 12.8 Å². The molecule has 0 aromatic rings. The van der Waals surface area contributed by atoms with Crippen LogP contribution in [0.1, 0.15) is 79.1 Å². The second kappa shape index (κ2) is 9.17. The normalized spacial score (nSPS) is 35.3. The van der Waals surface area contributed by atoms with E-state index in [4.69, 9.17) is 0 Å². The van der Waals surface area contributed by atoms with E-state index in [1.807, 2.05) is 0 Å². The summed E-state index contributed by atoms with van der Waals surface area (Å²) in [5.74, 6) is 0.697. The Kier molecular flexibility index (Phi) is 7.15. The maximum Gasteiger partial charge on any atom is 0.163 e. The van der Waals surface area contributed by atoms with E-state index in [1.54, 1.807) is 13.8 Å². The lowest BCUT2D eigenvalue weighted by Gasteiger charge is -2.42. The Hall–Kier alpha value is -1.49. The minimum atomic E-state index is -1.26. The molecule has 0 bridgehead atoms. The number of carbonyl (C=O) groups is 1. The smallest absolute Gasteiger partial charge is 0.163 e. The third kappa shape index (κ3) is 5.13. The van der Waals surface area contributed by atoms with Crippen LogP contribution in [0.5, 0.6) is 0 Å². The highest BCUT2D eigenvalue weighted by molar-refractivity contribution is 5.86. The van der Waals surface area contributed by atoms with Crippen LogP contribution in [0.4, 0.5) is 0 Å². The van der Waals surface area contributed by atoms with Gasteiger partial charge in [0.25, 0.3) is 0 Å². The lowest BCUT2D eigenvalue weighted by Crippen LogP contribution is -2.34. The summed E-state index contributed by atoms with van der Waals surface area (Å²) >= 11 is 0. The number of allylic oxidation sites excluding steroid dienone is 5. The number of Topliss-reactive ketones (excluding diaryl/α,β-unsaturated/α-hetero) is 1. The number of aliphatic hydroxyl groups is 3. The van der Waals surface area contributed by atoms with E-state index < -0.39 is 17.8 Å². The van der Waals surface area contributed by atoms with Crippen LogP contribution in [0.15, 0.2) is 47.1 Å². The third-order valence-corrected chi connectivity index (χ3v) is 7.89. The van der Waals surface area contributed by atoms with Gasteiger partial charge in [-0.1, -0.05) is 49.8 Å². The Balaban J connectivity index is 1.73. The van der Waals surface area contributed by atoms with Crippen molar-refractivity contribution in [3.8, 4) is 0 Å². The van der Waals surface area contributed by atoms with Crippen LogP contribution in [0.25, 0.3) is 0 Å². The summed E-state index contributed by atoms with van der Waals surface area (Å²) in [6.07, 6.45) is 12.0. The molecule has 0 aromatic carbocycles. The highest BCUT2D eigenvalue weighted by Crippen LogP contribution is 2.57. The van der Waals surface area contributed by atoms with Gasteiger partial charge in [-0.2, -0.15) is 0 Å². The molecule has 2 fully saturated rings. The molecule has 0 unspecified atom stereocenters. The molecular weight excluding hydrogens is 388 g/mol. The van der Waals surface area contributed by atoms with Gasteiger partial charge in [-0.25, -0.2) is 0 Å². The molecule has 3 rings (SSSR count). The summed E-state index contributed by atoms with van der Waals surface area (Å²) in [5, 5.41) is 30.1. The first-order valence-electron chi connectivity index (χ1n) is 11.8. The lowest BCUT2D eigenvalue weighted by atomic mass is 9.62. The lowest BCUT2D eigenvalue weighted by molar-refractivity contribution is -0.134. The molecule has 31 heavy (non-hydrogen) atoms. The zero-order valence-corrected chi connectivity index (χ0v) is 19.7. The van der Waals surface area contributed by atoms with Gasteiger partial charge in [-0.3, -0.25) is 4.79 Å². The van der Waals surface area contributed by atoms with Crippen molar-refractivity contribution in [2.45, 2.75) is 96.9 Å². The van der Waals surface area contributed by atoms with E-state index in [-0.39, 0.29) is 11.2 Å². The predicted octanol–water partition coefficient (Wildman–Crippen LogP) is 4.80. The predicted molar refractivity (Wildman–Crippen MR) is 124 cm³/mol. The highest BCUT2D eigenvalue weighted by atomic mass is 16.3. The summed E-state index contributed by atoms with van der Waals surface area (Å²) in [6, 6.07) is 0. The molecule has 3 N–H and O–H groups in total. The van der Waals surface area contributed by atoms with Crippen LogP contribution in [0, 0.1) is 17.3 Å². The number of fused-ring (bicyclic) bond motifs is 1. The van der Waals surface area contributed by atoms with E-state index in [9.17, 15) is 20.1 Å². The van der Waals surface area contributed by atoms with Crippen molar-refractivity contribution in [2.24, 2.45) is 17.3 Å². The maximum absolute atomic E-state index is 12.2. The maximum atomic E-state index is 12.2. The first-order chi connectivity index (χ1) is 14.4. The van der Waals surface area contributed by atoms with Gasteiger partial charge in [-0.15, -0.1) is 0 Å². The molecule has 2 saturated carbocycles. The number of hydrogen-bond acceptors (Lipinski definition) is 4. The largest absolute Gasteiger partial charge is 0.393 e. The van der Waals surface area contributed by atoms with Crippen LogP contribution >= 0.6 is 0 Å². The molecule has 0 radical (unpaired) electrons. The van der Waals surface area contributed by atoms with Crippen LogP contribution in [0.3, 0.4) is 0 Å². The van der Waals surface area contributed by atoms with Crippen LogP contribution in [0.2, 0.25) is 0 Å².